The lowest BCUT2D eigenvalue weighted by Gasteiger charge is -2.10. The van der Waals surface area contributed by atoms with Gasteiger partial charge >= 0.3 is 0 Å². The SMILES string of the molecule is CS(=O)(=O)OCCc1ccc(NS(=O)(=O)c2ccc(Br)cc2)cc1Cl. The zero-order chi connectivity index (χ0) is 18.7. The molecule has 0 spiro atoms. The maximum atomic E-state index is 12.3. The van der Waals surface area contributed by atoms with Crippen molar-refractivity contribution in [3.8, 4) is 0 Å². The van der Waals surface area contributed by atoms with Gasteiger partial charge in [-0.05, 0) is 48.4 Å². The van der Waals surface area contributed by atoms with Gasteiger partial charge in [0.25, 0.3) is 20.1 Å². The maximum Gasteiger partial charge on any atom is 0.264 e. The Hall–Kier alpha value is -1.13. The lowest BCUT2D eigenvalue weighted by Crippen LogP contribution is -2.13. The van der Waals surface area contributed by atoms with Crippen LogP contribution in [-0.4, -0.2) is 29.7 Å². The lowest BCUT2D eigenvalue weighted by atomic mass is 10.1. The Balaban J connectivity index is 2.10. The summed E-state index contributed by atoms with van der Waals surface area (Å²) in [5.41, 5.74) is 0.956. The minimum atomic E-state index is -3.73. The lowest BCUT2D eigenvalue weighted by molar-refractivity contribution is 0.326. The monoisotopic (exact) mass is 467 g/mol. The number of anilines is 1. The van der Waals surface area contributed by atoms with Crippen LogP contribution in [0.2, 0.25) is 5.02 Å². The van der Waals surface area contributed by atoms with Crippen LogP contribution in [0.3, 0.4) is 0 Å². The van der Waals surface area contributed by atoms with Crippen molar-refractivity contribution in [3.63, 3.8) is 0 Å². The van der Waals surface area contributed by atoms with Crippen LogP contribution in [-0.2, 0) is 30.7 Å². The van der Waals surface area contributed by atoms with E-state index < -0.39 is 20.1 Å². The van der Waals surface area contributed by atoms with Crippen molar-refractivity contribution in [2.24, 2.45) is 0 Å². The Kier molecular flexibility index (Phi) is 6.50. The molecule has 136 valence electrons. The summed E-state index contributed by atoms with van der Waals surface area (Å²) in [6, 6.07) is 10.9. The highest BCUT2D eigenvalue weighted by molar-refractivity contribution is 9.10. The summed E-state index contributed by atoms with van der Waals surface area (Å²) in [7, 11) is -7.24. The molecule has 0 saturated carbocycles. The topological polar surface area (TPSA) is 89.5 Å². The molecule has 0 aliphatic heterocycles. The molecule has 0 bridgehead atoms. The number of rotatable bonds is 7. The Morgan fingerprint density at radius 2 is 1.72 bits per heavy atom. The van der Waals surface area contributed by atoms with Crippen LogP contribution in [0.5, 0.6) is 0 Å². The second kappa shape index (κ2) is 8.05. The Labute approximate surface area is 160 Å². The predicted molar refractivity (Wildman–Crippen MR) is 101 cm³/mol. The van der Waals surface area contributed by atoms with Crippen LogP contribution in [0.15, 0.2) is 51.8 Å². The second-order valence-electron chi connectivity index (χ2n) is 5.14. The van der Waals surface area contributed by atoms with Gasteiger partial charge in [-0.3, -0.25) is 8.91 Å². The van der Waals surface area contributed by atoms with Gasteiger partial charge in [-0.15, -0.1) is 0 Å². The smallest absolute Gasteiger partial charge is 0.264 e. The molecule has 0 atom stereocenters. The molecule has 2 rings (SSSR count). The molecule has 10 heteroatoms. The molecular formula is C15H15BrClNO5S2. The molecule has 0 fully saturated rings. The number of hydrogen-bond donors (Lipinski definition) is 1. The van der Waals surface area contributed by atoms with Gasteiger partial charge in [-0.2, -0.15) is 8.42 Å². The van der Waals surface area contributed by atoms with E-state index in [-0.39, 0.29) is 17.9 Å². The Morgan fingerprint density at radius 3 is 2.28 bits per heavy atom. The van der Waals surface area contributed by atoms with Crippen LogP contribution >= 0.6 is 27.5 Å². The molecule has 0 aromatic heterocycles. The normalized spacial score (nSPS) is 12.1. The Bertz CT molecular complexity index is 960. The molecule has 0 saturated heterocycles. The highest BCUT2D eigenvalue weighted by atomic mass is 79.9. The van der Waals surface area contributed by atoms with Gasteiger partial charge in [-0.25, -0.2) is 8.42 Å². The minimum absolute atomic E-state index is 0.0392. The molecule has 1 N–H and O–H groups in total. The summed E-state index contributed by atoms with van der Waals surface area (Å²) in [6.45, 7) is -0.0392. The average molecular weight is 469 g/mol. The van der Waals surface area contributed by atoms with Crippen LogP contribution in [0.4, 0.5) is 5.69 Å². The number of hydrogen-bond acceptors (Lipinski definition) is 5. The predicted octanol–water partition coefficient (Wildman–Crippen LogP) is 3.42. The first kappa shape index (κ1) is 20.2. The standard InChI is InChI=1S/C15H15BrClNO5S2/c1-24(19,20)23-9-8-11-2-5-13(10-15(11)17)18-25(21,22)14-6-3-12(16)4-7-14/h2-7,10,18H,8-9H2,1H3. The first-order valence-electron chi connectivity index (χ1n) is 6.98. The van der Waals surface area contributed by atoms with Crippen LogP contribution < -0.4 is 4.72 Å². The summed E-state index contributed by atoms with van der Waals surface area (Å²) in [6.07, 6.45) is 1.25. The highest BCUT2D eigenvalue weighted by Crippen LogP contribution is 2.24. The summed E-state index contributed by atoms with van der Waals surface area (Å²) in [4.78, 5) is 0.123. The third-order valence-corrected chi connectivity index (χ3v) is 5.97. The van der Waals surface area contributed by atoms with Crippen LogP contribution in [0, 0.1) is 0 Å². The molecule has 2 aromatic rings. The van der Waals surface area contributed by atoms with Crippen molar-refractivity contribution < 1.29 is 21.0 Å². The third-order valence-electron chi connectivity index (χ3n) is 3.10. The van der Waals surface area contributed by atoms with E-state index in [1.165, 1.54) is 18.2 Å². The molecule has 0 unspecified atom stereocenters. The van der Waals surface area contributed by atoms with E-state index >= 15 is 0 Å². The molecule has 6 nitrogen and oxygen atoms in total. The van der Waals surface area contributed by atoms with E-state index in [1.807, 2.05) is 0 Å². The van der Waals surface area contributed by atoms with Gasteiger partial charge in [0.15, 0.2) is 0 Å². The van der Waals surface area contributed by atoms with Crippen molar-refractivity contribution >= 4 is 53.4 Å². The second-order valence-corrected chi connectivity index (χ2v) is 9.79. The van der Waals surface area contributed by atoms with Gasteiger partial charge in [0.1, 0.15) is 0 Å². The molecule has 0 heterocycles. The van der Waals surface area contributed by atoms with Gasteiger partial charge in [-0.1, -0.05) is 33.6 Å². The van der Waals surface area contributed by atoms with Crippen molar-refractivity contribution in [2.75, 3.05) is 17.6 Å². The zero-order valence-corrected chi connectivity index (χ0v) is 17.0. The first-order chi connectivity index (χ1) is 11.6. The van der Waals surface area contributed by atoms with Gasteiger partial charge in [0.2, 0.25) is 0 Å². The van der Waals surface area contributed by atoms with Crippen LogP contribution in [0.25, 0.3) is 0 Å². The summed E-state index contributed by atoms with van der Waals surface area (Å²) >= 11 is 9.38. The minimum Gasteiger partial charge on any atom is -0.280 e. The van der Waals surface area contributed by atoms with E-state index in [0.29, 0.717) is 16.3 Å². The van der Waals surface area contributed by atoms with Crippen molar-refractivity contribution in [1.82, 2.24) is 0 Å². The van der Waals surface area contributed by atoms with E-state index in [2.05, 4.69) is 24.8 Å². The van der Waals surface area contributed by atoms with Crippen molar-refractivity contribution in [1.29, 1.82) is 0 Å². The van der Waals surface area contributed by atoms with E-state index in [4.69, 9.17) is 11.6 Å². The molecule has 25 heavy (non-hydrogen) atoms. The summed E-state index contributed by atoms with van der Waals surface area (Å²) in [5.74, 6) is 0. The van der Waals surface area contributed by atoms with E-state index in [0.717, 1.165) is 10.7 Å². The fourth-order valence-electron chi connectivity index (χ4n) is 1.94. The highest BCUT2D eigenvalue weighted by Gasteiger charge is 2.15. The average Bonchev–Trinajstić information content (AvgIpc) is 2.48. The molecule has 0 radical (unpaired) electrons. The van der Waals surface area contributed by atoms with Crippen LogP contribution in [0.1, 0.15) is 5.56 Å². The van der Waals surface area contributed by atoms with E-state index in [9.17, 15) is 16.8 Å². The molecular weight excluding hydrogens is 454 g/mol. The largest absolute Gasteiger partial charge is 0.280 e. The van der Waals surface area contributed by atoms with Crippen molar-refractivity contribution in [3.05, 3.63) is 57.5 Å². The third kappa shape index (κ3) is 6.27. The fourth-order valence-corrected chi connectivity index (χ4v) is 3.92. The molecule has 0 aliphatic rings. The molecule has 0 amide bonds. The van der Waals surface area contributed by atoms with E-state index in [1.54, 1.807) is 24.3 Å². The first-order valence-corrected chi connectivity index (χ1v) is 11.5. The van der Waals surface area contributed by atoms with Gasteiger partial charge in [0, 0.05) is 9.50 Å². The molecule has 2 aromatic carbocycles. The number of nitrogens with one attached hydrogen (secondary N) is 1. The quantitative estimate of drug-likeness (QED) is 0.629. The Morgan fingerprint density at radius 1 is 1.08 bits per heavy atom. The van der Waals surface area contributed by atoms with Crippen molar-refractivity contribution in [2.45, 2.75) is 11.3 Å². The fraction of sp³-hybridized carbons (Fsp3) is 0.200. The summed E-state index contributed by atoms with van der Waals surface area (Å²) < 4.78 is 54.4. The number of benzene rings is 2. The molecule has 0 aliphatic carbocycles. The maximum absolute atomic E-state index is 12.3. The van der Waals surface area contributed by atoms with Gasteiger partial charge in [0.05, 0.1) is 23.4 Å². The van der Waals surface area contributed by atoms with Gasteiger partial charge < -0.3 is 0 Å². The zero-order valence-electron chi connectivity index (χ0n) is 13.1. The number of sulfonamides is 1. The summed E-state index contributed by atoms with van der Waals surface area (Å²) in [5, 5.41) is 0.313. The number of halogens is 2.